The summed E-state index contributed by atoms with van der Waals surface area (Å²) in [5.41, 5.74) is 2.33. The van der Waals surface area contributed by atoms with E-state index in [9.17, 15) is 18.4 Å². The average Bonchev–Trinajstić information content (AvgIpc) is 3.30. The molecule has 46 heavy (non-hydrogen) atoms. The first kappa shape index (κ1) is 34.0. The smallest absolute Gasteiger partial charge is 0.343 e. The van der Waals surface area contributed by atoms with Crippen molar-refractivity contribution >= 4 is 11.9 Å². The summed E-state index contributed by atoms with van der Waals surface area (Å²) < 4.78 is 56.4. The molecule has 1 saturated heterocycles. The van der Waals surface area contributed by atoms with Crippen molar-refractivity contribution in [1.29, 1.82) is 0 Å². The topological polar surface area (TPSA) is 80.3 Å². The molecule has 0 atom stereocenters. The Morgan fingerprint density at radius 2 is 1.65 bits per heavy atom. The third kappa shape index (κ3) is 9.09. The van der Waals surface area contributed by atoms with E-state index >= 15 is 0 Å². The van der Waals surface area contributed by atoms with Crippen molar-refractivity contribution in [2.24, 2.45) is 5.92 Å². The molecule has 2 aromatic rings. The van der Waals surface area contributed by atoms with E-state index in [1.54, 1.807) is 67.6 Å². The van der Waals surface area contributed by atoms with Crippen molar-refractivity contribution in [1.82, 2.24) is 0 Å². The van der Waals surface area contributed by atoms with Crippen molar-refractivity contribution in [3.05, 3.63) is 150 Å². The Morgan fingerprint density at radius 1 is 0.935 bits per heavy atom. The highest BCUT2D eigenvalue weighted by atomic mass is 19.1. The van der Waals surface area contributed by atoms with Crippen LogP contribution >= 0.6 is 0 Å². The zero-order valence-electron chi connectivity index (χ0n) is 25.6. The molecule has 0 aromatic heterocycles. The molecule has 0 N–H and O–H groups in total. The number of halogens is 2. The summed E-state index contributed by atoms with van der Waals surface area (Å²) in [7, 11) is 0. The molecule has 0 bridgehead atoms. The van der Waals surface area contributed by atoms with Crippen LogP contribution < -0.4 is 4.74 Å². The van der Waals surface area contributed by atoms with Crippen LogP contribution in [0.25, 0.3) is 0 Å². The third-order valence-corrected chi connectivity index (χ3v) is 7.18. The maximum Gasteiger partial charge on any atom is 0.343 e. The molecular weight excluding hydrogens is 594 g/mol. The number of rotatable bonds is 13. The van der Waals surface area contributed by atoms with E-state index < -0.39 is 23.5 Å². The minimum atomic E-state index is -1.34. The molecule has 1 heterocycles. The van der Waals surface area contributed by atoms with Crippen LogP contribution in [0.15, 0.2) is 133 Å². The minimum Gasteiger partial charge on any atom is -0.493 e. The molecule has 1 aliphatic carbocycles. The summed E-state index contributed by atoms with van der Waals surface area (Å²) in [6.07, 6.45) is 13.3. The van der Waals surface area contributed by atoms with Crippen LogP contribution in [0.3, 0.4) is 0 Å². The largest absolute Gasteiger partial charge is 0.493 e. The molecule has 0 unspecified atom stereocenters. The summed E-state index contributed by atoms with van der Waals surface area (Å²) in [5.74, 6) is -2.40. The number of carbonyl (C=O) groups excluding carboxylic acids is 2. The van der Waals surface area contributed by atoms with E-state index in [2.05, 4.69) is 13.2 Å². The molecule has 2 aliphatic rings. The summed E-state index contributed by atoms with van der Waals surface area (Å²) in [6.45, 7) is 9.95. The van der Waals surface area contributed by atoms with Crippen molar-refractivity contribution in [2.75, 3.05) is 26.4 Å². The highest BCUT2D eigenvalue weighted by Crippen LogP contribution is 2.42. The van der Waals surface area contributed by atoms with Gasteiger partial charge < -0.3 is 23.7 Å². The van der Waals surface area contributed by atoms with Crippen molar-refractivity contribution in [3.8, 4) is 5.75 Å². The fourth-order valence-corrected chi connectivity index (χ4v) is 4.73. The normalized spacial score (nSPS) is 20.1. The van der Waals surface area contributed by atoms with Gasteiger partial charge in [0.25, 0.3) is 0 Å². The number of ether oxygens (including phenoxy) is 5. The van der Waals surface area contributed by atoms with Gasteiger partial charge in [0.15, 0.2) is 0 Å². The Labute approximate surface area is 267 Å². The molecular formula is C37H36F2O7. The fraction of sp³-hybridized carbons (Fsp3) is 0.243. The van der Waals surface area contributed by atoms with Crippen LogP contribution in [-0.4, -0.2) is 38.4 Å². The lowest BCUT2D eigenvalue weighted by Crippen LogP contribution is -2.43. The lowest BCUT2D eigenvalue weighted by atomic mass is 9.92. The number of carbonyl (C=O) groups is 2. The molecule has 0 amide bonds. The average molecular weight is 631 g/mol. The van der Waals surface area contributed by atoms with Gasteiger partial charge in [-0.25, -0.2) is 18.4 Å². The summed E-state index contributed by atoms with van der Waals surface area (Å²) >= 11 is 0. The van der Waals surface area contributed by atoms with Crippen molar-refractivity contribution in [2.45, 2.75) is 25.6 Å². The van der Waals surface area contributed by atoms with Gasteiger partial charge in [-0.1, -0.05) is 49.6 Å². The molecule has 0 radical (unpaired) electrons. The molecule has 240 valence electrons. The Kier molecular flexibility index (Phi) is 12.2. The molecule has 1 fully saturated rings. The summed E-state index contributed by atoms with van der Waals surface area (Å²) in [6, 6.07) is 12.4. The van der Waals surface area contributed by atoms with E-state index in [-0.39, 0.29) is 31.6 Å². The van der Waals surface area contributed by atoms with Gasteiger partial charge in [0.1, 0.15) is 23.2 Å². The maximum absolute atomic E-state index is 13.9. The highest BCUT2D eigenvalue weighted by molar-refractivity contribution is 5.90. The predicted octanol–water partition coefficient (Wildman–Crippen LogP) is 7.75. The fourth-order valence-electron chi connectivity index (χ4n) is 4.73. The number of benzene rings is 2. The lowest BCUT2D eigenvalue weighted by molar-refractivity contribution is -0.262. The Bertz CT molecular complexity index is 1560. The van der Waals surface area contributed by atoms with Crippen molar-refractivity contribution < 1.29 is 42.1 Å². The van der Waals surface area contributed by atoms with Gasteiger partial charge in [0, 0.05) is 29.6 Å². The standard InChI is InChI=1S/C37H36F2O7/c1-4-27(11-10-26(3)46-36(41)28-12-20-34(21-13-28)42-22-7-23-43-35(40)5-2)29-24-44-37(45-25-29,31-15-18-33(39)19-16-31)30-8-6-9-32(38)17-14-30/h4-5,8-21,29H,1-2,6-7,22-25H2,3H3/b26-10+,27-11+. The number of esters is 2. The van der Waals surface area contributed by atoms with Gasteiger partial charge in [-0.3, -0.25) is 0 Å². The molecule has 0 saturated carbocycles. The second-order valence-corrected chi connectivity index (χ2v) is 10.4. The summed E-state index contributed by atoms with van der Waals surface area (Å²) in [4.78, 5) is 23.7. The van der Waals surface area contributed by atoms with Crippen LogP contribution in [0.2, 0.25) is 0 Å². The van der Waals surface area contributed by atoms with Gasteiger partial charge in [-0.15, -0.1) is 0 Å². The second kappa shape index (κ2) is 16.5. The lowest BCUT2D eigenvalue weighted by Gasteiger charge is -2.41. The first-order valence-corrected chi connectivity index (χ1v) is 14.8. The van der Waals surface area contributed by atoms with Crippen LogP contribution in [0.4, 0.5) is 8.78 Å². The molecule has 2 aromatic carbocycles. The second-order valence-electron chi connectivity index (χ2n) is 10.4. The molecule has 9 heteroatoms. The predicted molar refractivity (Wildman–Crippen MR) is 170 cm³/mol. The first-order chi connectivity index (χ1) is 22.2. The molecule has 0 spiro atoms. The maximum atomic E-state index is 13.9. The number of hydrogen-bond donors (Lipinski definition) is 0. The van der Waals surface area contributed by atoms with E-state index in [1.807, 2.05) is 6.08 Å². The third-order valence-electron chi connectivity index (χ3n) is 7.18. The zero-order valence-corrected chi connectivity index (χ0v) is 25.6. The zero-order chi connectivity index (χ0) is 32.9. The van der Waals surface area contributed by atoms with E-state index in [0.717, 1.165) is 11.6 Å². The van der Waals surface area contributed by atoms with Gasteiger partial charge in [-0.05, 0) is 73.5 Å². The number of hydrogen-bond acceptors (Lipinski definition) is 7. The Hall–Kier alpha value is -4.86. The monoisotopic (exact) mass is 630 g/mol. The molecule has 4 rings (SSSR count). The molecule has 7 nitrogen and oxygen atoms in total. The van der Waals surface area contributed by atoms with Gasteiger partial charge in [-0.2, -0.15) is 0 Å². The van der Waals surface area contributed by atoms with Crippen molar-refractivity contribution in [3.63, 3.8) is 0 Å². The van der Waals surface area contributed by atoms with Crippen LogP contribution in [0.5, 0.6) is 5.75 Å². The quantitative estimate of drug-likeness (QED) is 0.0736. The SMILES string of the molecule is C=CC(=O)OCCCOc1ccc(C(=O)O/C(C)=C/C=C(\C=C)C2COC(C3=CCC=C(F)C=C3)(c3ccc(F)cc3)OC2)cc1. The minimum absolute atomic E-state index is 0.211. The van der Waals surface area contributed by atoms with Gasteiger partial charge in [0.05, 0.1) is 32.0 Å². The number of allylic oxidation sites excluding steroid dienone is 8. The molecule has 1 aliphatic heterocycles. The van der Waals surface area contributed by atoms with Crippen LogP contribution in [-0.2, 0) is 29.5 Å². The van der Waals surface area contributed by atoms with E-state index in [0.29, 0.717) is 47.7 Å². The van der Waals surface area contributed by atoms with Crippen LogP contribution in [0, 0.1) is 11.7 Å². The van der Waals surface area contributed by atoms with E-state index in [1.165, 1.54) is 24.3 Å². The van der Waals surface area contributed by atoms with Gasteiger partial charge in [0.2, 0.25) is 5.79 Å². The highest BCUT2D eigenvalue weighted by Gasteiger charge is 2.42. The summed E-state index contributed by atoms with van der Waals surface area (Å²) in [5, 5.41) is 0. The van der Waals surface area contributed by atoms with Gasteiger partial charge >= 0.3 is 11.9 Å². The Morgan fingerprint density at radius 3 is 2.33 bits per heavy atom. The Balaban J connectivity index is 1.36. The van der Waals surface area contributed by atoms with E-state index in [4.69, 9.17) is 23.7 Å². The van der Waals surface area contributed by atoms with Crippen LogP contribution in [0.1, 0.15) is 35.7 Å². The first-order valence-electron chi connectivity index (χ1n) is 14.8.